The van der Waals surface area contributed by atoms with E-state index in [0.29, 0.717) is 12.2 Å². The number of hydrogen-bond acceptors (Lipinski definition) is 5. The summed E-state index contributed by atoms with van der Waals surface area (Å²) in [5, 5.41) is 1.11. The Kier molecular flexibility index (Phi) is 5.10. The second-order valence-electron chi connectivity index (χ2n) is 8.15. The molecule has 6 nitrogen and oxygen atoms in total. The second kappa shape index (κ2) is 8.03. The van der Waals surface area contributed by atoms with Crippen molar-refractivity contribution < 1.29 is 9.21 Å². The summed E-state index contributed by atoms with van der Waals surface area (Å²) in [6.45, 7) is 6.32. The fourth-order valence-electron chi connectivity index (χ4n) is 4.73. The van der Waals surface area contributed by atoms with Crippen LogP contribution >= 0.6 is 0 Å². The van der Waals surface area contributed by atoms with Gasteiger partial charge in [-0.15, -0.1) is 0 Å². The van der Waals surface area contributed by atoms with E-state index >= 15 is 0 Å². The molecule has 0 amide bonds. The zero-order chi connectivity index (χ0) is 19.6. The summed E-state index contributed by atoms with van der Waals surface area (Å²) >= 11 is 0. The van der Waals surface area contributed by atoms with Crippen LogP contribution in [0.15, 0.2) is 41.3 Å². The lowest BCUT2D eigenvalue weighted by atomic mass is 9.97. The van der Waals surface area contributed by atoms with Gasteiger partial charge in [0, 0.05) is 62.8 Å². The summed E-state index contributed by atoms with van der Waals surface area (Å²) in [5.74, 6) is 1.37. The van der Waals surface area contributed by atoms with Gasteiger partial charge in [-0.05, 0) is 50.4 Å². The highest BCUT2D eigenvalue weighted by Crippen LogP contribution is 2.26. The lowest BCUT2D eigenvalue weighted by Gasteiger charge is -2.35. The van der Waals surface area contributed by atoms with Crippen LogP contribution in [0.3, 0.4) is 0 Å². The van der Waals surface area contributed by atoms with E-state index in [0.717, 1.165) is 80.9 Å². The minimum absolute atomic E-state index is 0.323. The molecule has 0 N–H and O–H groups in total. The molecule has 1 fully saturated rings. The van der Waals surface area contributed by atoms with E-state index in [1.165, 1.54) is 12.1 Å². The van der Waals surface area contributed by atoms with E-state index in [1.54, 1.807) is 6.26 Å². The summed E-state index contributed by atoms with van der Waals surface area (Å²) in [6.07, 6.45) is 10.8. The largest absolute Gasteiger partial charge is 0.464 e. The van der Waals surface area contributed by atoms with E-state index in [-0.39, 0.29) is 0 Å². The third kappa shape index (κ3) is 3.69. The van der Waals surface area contributed by atoms with Crippen molar-refractivity contribution in [2.75, 3.05) is 37.6 Å². The molecule has 152 valence electrons. The molecule has 6 heteroatoms. The van der Waals surface area contributed by atoms with Gasteiger partial charge in [0.05, 0.1) is 11.6 Å². The average Bonchev–Trinajstić information content (AvgIpc) is 3.39. The minimum atomic E-state index is 0.323. The van der Waals surface area contributed by atoms with E-state index in [4.69, 9.17) is 4.42 Å². The lowest BCUT2D eigenvalue weighted by molar-refractivity contribution is 0.0971. The van der Waals surface area contributed by atoms with Crippen molar-refractivity contribution >= 4 is 22.6 Å². The first-order valence-electron chi connectivity index (χ1n) is 10.8. The predicted molar refractivity (Wildman–Crippen MR) is 114 cm³/mol. The Morgan fingerprint density at radius 2 is 1.86 bits per heavy atom. The molecule has 4 heterocycles. The first kappa shape index (κ1) is 18.4. The highest BCUT2D eigenvalue weighted by Gasteiger charge is 2.21. The molecular formula is C23H28N4O2. The van der Waals surface area contributed by atoms with E-state index in [2.05, 4.69) is 25.5 Å². The third-order valence-electron chi connectivity index (χ3n) is 6.35. The molecule has 1 aliphatic carbocycles. The van der Waals surface area contributed by atoms with Gasteiger partial charge in [-0.1, -0.05) is 0 Å². The normalized spacial score (nSPS) is 17.8. The van der Waals surface area contributed by atoms with Crippen molar-refractivity contribution in [3.05, 3.63) is 48.1 Å². The number of Topliss-reactive ketones (excluding diaryl/α,β-unsaturated/α-hetero) is 1. The van der Waals surface area contributed by atoms with Gasteiger partial charge >= 0.3 is 0 Å². The first-order valence-corrected chi connectivity index (χ1v) is 10.8. The monoisotopic (exact) mass is 392 g/mol. The number of furan rings is 1. The maximum absolute atomic E-state index is 12.0. The van der Waals surface area contributed by atoms with Gasteiger partial charge in [-0.25, -0.2) is 4.98 Å². The number of hydrogen-bond donors (Lipinski definition) is 0. The van der Waals surface area contributed by atoms with Crippen molar-refractivity contribution in [1.29, 1.82) is 0 Å². The number of unbranched alkanes of at least 4 members (excludes halogenated alkanes) is 1. The number of rotatable bonds is 6. The number of piperazine rings is 1. The number of aromatic nitrogens is 2. The molecule has 0 aromatic carbocycles. The molecule has 0 atom stereocenters. The molecule has 0 bridgehead atoms. The summed E-state index contributed by atoms with van der Waals surface area (Å²) in [4.78, 5) is 21.5. The summed E-state index contributed by atoms with van der Waals surface area (Å²) in [7, 11) is 0. The Balaban J connectivity index is 1.09. The molecule has 1 aliphatic heterocycles. The molecule has 29 heavy (non-hydrogen) atoms. The van der Waals surface area contributed by atoms with Crippen LogP contribution in [-0.4, -0.2) is 53.0 Å². The topological polar surface area (TPSA) is 54.5 Å². The SMILES string of the molecule is O=C1CCCc2c1ccn2CCCCN1CCN(c2nccc3occc23)CC1. The van der Waals surface area contributed by atoms with Gasteiger partial charge < -0.3 is 13.9 Å². The van der Waals surface area contributed by atoms with Gasteiger partial charge in [0.25, 0.3) is 0 Å². The molecule has 0 saturated carbocycles. The standard InChI is InChI=1S/C23H28N4O2/c28-21-5-3-4-20-18(21)7-12-26(20)11-2-1-10-25-13-15-27(16-14-25)23-19-8-17-29-22(19)6-9-24-23/h6-9,12,17H,1-5,10-11,13-16H2. The molecule has 3 aromatic rings. The molecule has 1 saturated heterocycles. The van der Waals surface area contributed by atoms with Gasteiger partial charge in [0.2, 0.25) is 0 Å². The van der Waals surface area contributed by atoms with Crippen molar-refractivity contribution in [2.24, 2.45) is 0 Å². The smallest absolute Gasteiger partial charge is 0.164 e. The average molecular weight is 393 g/mol. The Labute approximate surface area is 171 Å². The van der Waals surface area contributed by atoms with Gasteiger partial charge in [-0.2, -0.15) is 0 Å². The van der Waals surface area contributed by atoms with E-state index in [9.17, 15) is 4.79 Å². The molecule has 0 unspecified atom stereocenters. The van der Waals surface area contributed by atoms with E-state index in [1.807, 2.05) is 24.4 Å². The zero-order valence-electron chi connectivity index (χ0n) is 16.8. The van der Waals surface area contributed by atoms with Crippen LogP contribution in [0.4, 0.5) is 5.82 Å². The van der Waals surface area contributed by atoms with Crippen LogP contribution in [-0.2, 0) is 13.0 Å². The van der Waals surface area contributed by atoms with Crippen LogP contribution < -0.4 is 4.90 Å². The Hall–Kier alpha value is -2.60. The number of carbonyl (C=O) groups excluding carboxylic acids is 1. The first-order chi connectivity index (χ1) is 14.3. The van der Waals surface area contributed by atoms with Gasteiger partial charge in [-0.3, -0.25) is 9.69 Å². The molecule has 0 spiro atoms. The van der Waals surface area contributed by atoms with Gasteiger partial charge in [0.15, 0.2) is 5.78 Å². The highest BCUT2D eigenvalue weighted by molar-refractivity contribution is 5.98. The number of anilines is 1. The van der Waals surface area contributed by atoms with Crippen LogP contribution in [0, 0.1) is 0 Å². The number of pyridine rings is 1. The number of nitrogens with zero attached hydrogens (tertiary/aromatic N) is 4. The van der Waals surface area contributed by atoms with Crippen LogP contribution in [0.5, 0.6) is 0 Å². The fourth-order valence-corrected chi connectivity index (χ4v) is 4.73. The van der Waals surface area contributed by atoms with Crippen LogP contribution in [0.1, 0.15) is 41.7 Å². The second-order valence-corrected chi connectivity index (χ2v) is 8.15. The molecule has 2 aliphatic rings. The van der Waals surface area contributed by atoms with Crippen molar-refractivity contribution in [3.8, 4) is 0 Å². The number of ketones is 1. The quantitative estimate of drug-likeness (QED) is 0.598. The highest BCUT2D eigenvalue weighted by atomic mass is 16.3. The maximum Gasteiger partial charge on any atom is 0.164 e. The third-order valence-corrected chi connectivity index (χ3v) is 6.35. The summed E-state index contributed by atoms with van der Waals surface area (Å²) in [6, 6.07) is 5.95. The lowest BCUT2D eigenvalue weighted by Crippen LogP contribution is -2.47. The molecule has 5 rings (SSSR count). The minimum Gasteiger partial charge on any atom is -0.464 e. The number of aryl methyl sites for hydroxylation is 1. The van der Waals surface area contributed by atoms with Crippen LogP contribution in [0.25, 0.3) is 11.0 Å². The Bertz CT molecular complexity index is 997. The Morgan fingerprint density at radius 3 is 2.76 bits per heavy atom. The maximum atomic E-state index is 12.0. The predicted octanol–water partition coefficient (Wildman–Crippen LogP) is 3.75. The van der Waals surface area contributed by atoms with Crippen molar-refractivity contribution in [2.45, 2.75) is 38.6 Å². The van der Waals surface area contributed by atoms with Crippen molar-refractivity contribution in [3.63, 3.8) is 0 Å². The van der Waals surface area contributed by atoms with Crippen LogP contribution in [0.2, 0.25) is 0 Å². The fraction of sp³-hybridized carbons (Fsp3) is 0.478. The molecule has 0 radical (unpaired) electrons. The number of carbonyl (C=O) groups is 1. The number of fused-ring (bicyclic) bond motifs is 2. The zero-order valence-corrected chi connectivity index (χ0v) is 16.8. The molecular weight excluding hydrogens is 364 g/mol. The Morgan fingerprint density at radius 1 is 1.00 bits per heavy atom. The van der Waals surface area contributed by atoms with Gasteiger partial charge in [0.1, 0.15) is 11.4 Å². The van der Waals surface area contributed by atoms with Crippen molar-refractivity contribution in [1.82, 2.24) is 14.5 Å². The molecule has 3 aromatic heterocycles. The summed E-state index contributed by atoms with van der Waals surface area (Å²) in [5.41, 5.74) is 3.13. The summed E-state index contributed by atoms with van der Waals surface area (Å²) < 4.78 is 7.82. The van der Waals surface area contributed by atoms with E-state index < -0.39 is 0 Å².